The zero-order chi connectivity index (χ0) is 12.8. The molecule has 0 spiro atoms. The molecule has 0 amide bonds. The first-order chi connectivity index (χ1) is 8.04. The zero-order valence-corrected chi connectivity index (χ0v) is 9.98. The van der Waals surface area contributed by atoms with Crippen LogP contribution in [-0.2, 0) is 4.79 Å². The predicted molar refractivity (Wildman–Crippen MR) is 64.8 cm³/mol. The molecule has 0 aliphatic rings. The average molecular weight is 240 g/mol. The van der Waals surface area contributed by atoms with Crippen LogP contribution in [0.5, 0.6) is 0 Å². The molecule has 17 heavy (non-hydrogen) atoms. The number of anilines is 1. The van der Waals surface area contributed by atoms with E-state index in [4.69, 9.17) is 5.11 Å². The predicted octanol–water partition coefficient (Wildman–Crippen LogP) is 1.32. The number of hydrogen-bond acceptors (Lipinski definition) is 3. The molecule has 0 aliphatic carbocycles. The van der Waals surface area contributed by atoms with E-state index < -0.39 is 12.0 Å². The highest BCUT2D eigenvalue weighted by Crippen LogP contribution is 2.13. The molecule has 0 radical (unpaired) electrons. The van der Waals surface area contributed by atoms with Crippen LogP contribution in [0.15, 0.2) is 24.3 Å². The highest BCUT2D eigenvalue weighted by atomic mass is 19.1. The Hall–Kier alpha value is -1.62. The minimum atomic E-state index is -0.861. The van der Waals surface area contributed by atoms with Crippen molar-refractivity contribution in [3.63, 3.8) is 0 Å². The summed E-state index contributed by atoms with van der Waals surface area (Å²) in [5.41, 5.74) is 0.867. The third kappa shape index (κ3) is 4.03. The highest BCUT2D eigenvalue weighted by molar-refractivity contribution is 5.73. The van der Waals surface area contributed by atoms with Crippen LogP contribution in [0, 0.1) is 5.82 Å². The molecular weight excluding hydrogens is 223 g/mol. The van der Waals surface area contributed by atoms with Crippen molar-refractivity contribution in [2.75, 3.05) is 25.5 Å². The van der Waals surface area contributed by atoms with Crippen LogP contribution < -0.4 is 10.2 Å². The molecular formula is C12H17FN2O2. The standard InChI is InChI=1S/C12H17FN2O2/c1-14-11(12(16)17)7-8-15(2)10-5-3-9(13)4-6-10/h3-6,11,14H,7-8H2,1-2H3,(H,16,17). The van der Waals surface area contributed by atoms with Crippen molar-refractivity contribution in [1.82, 2.24) is 5.32 Å². The first-order valence-corrected chi connectivity index (χ1v) is 5.41. The number of carboxylic acid groups (broad SMARTS) is 1. The summed E-state index contributed by atoms with van der Waals surface area (Å²) in [5.74, 6) is -1.14. The maximum absolute atomic E-state index is 12.7. The normalized spacial score (nSPS) is 12.2. The molecule has 0 fully saturated rings. The Kier molecular flexibility index (Phi) is 4.90. The summed E-state index contributed by atoms with van der Waals surface area (Å²) in [5, 5.41) is 11.6. The molecule has 0 aliphatic heterocycles. The average Bonchev–Trinajstić information content (AvgIpc) is 2.30. The second-order valence-corrected chi connectivity index (χ2v) is 3.87. The Balaban J connectivity index is 2.52. The maximum atomic E-state index is 12.7. The lowest BCUT2D eigenvalue weighted by Gasteiger charge is -2.21. The summed E-state index contributed by atoms with van der Waals surface area (Å²) in [4.78, 5) is 12.7. The Morgan fingerprint density at radius 1 is 1.47 bits per heavy atom. The van der Waals surface area contributed by atoms with Crippen molar-refractivity contribution in [2.45, 2.75) is 12.5 Å². The van der Waals surface area contributed by atoms with Crippen molar-refractivity contribution >= 4 is 11.7 Å². The van der Waals surface area contributed by atoms with E-state index >= 15 is 0 Å². The van der Waals surface area contributed by atoms with Crippen molar-refractivity contribution in [3.8, 4) is 0 Å². The number of rotatable bonds is 6. The second kappa shape index (κ2) is 6.20. The van der Waals surface area contributed by atoms with Crippen LogP contribution in [0.25, 0.3) is 0 Å². The van der Waals surface area contributed by atoms with Gasteiger partial charge in [-0.15, -0.1) is 0 Å². The van der Waals surface area contributed by atoms with Crippen LogP contribution in [0.2, 0.25) is 0 Å². The fourth-order valence-electron chi connectivity index (χ4n) is 1.54. The smallest absolute Gasteiger partial charge is 0.320 e. The molecule has 0 bridgehead atoms. The largest absolute Gasteiger partial charge is 0.480 e. The third-order valence-electron chi connectivity index (χ3n) is 2.67. The Labute approximate surface area is 100 Å². The van der Waals surface area contributed by atoms with E-state index in [-0.39, 0.29) is 5.82 Å². The van der Waals surface area contributed by atoms with E-state index in [9.17, 15) is 9.18 Å². The van der Waals surface area contributed by atoms with E-state index in [0.717, 1.165) is 5.69 Å². The van der Waals surface area contributed by atoms with E-state index in [1.165, 1.54) is 12.1 Å². The second-order valence-electron chi connectivity index (χ2n) is 3.87. The van der Waals surface area contributed by atoms with Crippen LogP contribution in [0.1, 0.15) is 6.42 Å². The van der Waals surface area contributed by atoms with Crippen LogP contribution in [0.4, 0.5) is 10.1 Å². The molecule has 0 heterocycles. The van der Waals surface area contributed by atoms with E-state index in [2.05, 4.69) is 5.32 Å². The molecule has 94 valence electrons. The van der Waals surface area contributed by atoms with Gasteiger partial charge in [0.1, 0.15) is 11.9 Å². The van der Waals surface area contributed by atoms with Gasteiger partial charge in [0.05, 0.1) is 0 Å². The fraction of sp³-hybridized carbons (Fsp3) is 0.417. The van der Waals surface area contributed by atoms with Gasteiger partial charge in [-0.05, 0) is 37.7 Å². The minimum Gasteiger partial charge on any atom is -0.480 e. The first kappa shape index (κ1) is 13.4. The van der Waals surface area contributed by atoms with Gasteiger partial charge in [-0.3, -0.25) is 4.79 Å². The van der Waals surface area contributed by atoms with Gasteiger partial charge in [0.2, 0.25) is 0 Å². The lowest BCUT2D eigenvalue weighted by Crippen LogP contribution is -2.37. The summed E-state index contributed by atoms with van der Waals surface area (Å²) >= 11 is 0. The minimum absolute atomic E-state index is 0.277. The van der Waals surface area contributed by atoms with Crippen LogP contribution in [0.3, 0.4) is 0 Å². The van der Waals surface area contributed by atoms with E-state index in [1.54, 1.807) is 19.2 Å². The summed E-state index contributed by atoms with van der Waals surface area (Å²) in [7, 11) is 3.47. The van der Waals surface area contributed by atoms with Gasteiger partial charge in [0.15, 0.2) is 0 Å². The van der Waals surface area contributed by atoms with Gasteiger partial charge in [0, 0.05) is 19.3 Å². The molecule has 4 nitrogen and oxygen atoms in total. The molecule has 5 heteroatoms. The van der Waals surface area contributed by atoms with Crippen LogP contribution in [-0.4, -0.2) is 37.8 Å². The molecule has 1 unspecified atom stereocenters. The SMILES string of the molecule is CNC(CCN(C)c1ccc(F)cc1)C(=O)O. The molecule has 0 aromatic heterocycles. The van der Waals surface area contributed by atoms with Crippen molar-refractivity contribution in [1.29, 1.82) is 0 Å². The third-order valence-corrected chi connectivity index (χ3v) is 2.67. The Bertz CT molecular complexity index is 367. The van der Waals surface area contributed by atoms with Gasteiger partial charge in [-0.1, -0.05) is 0 Å². The number of likely N-dealkylation sites (N-methyl/N-ethyl adjacent to an activating group) is 1. The van der Waals surface area contributed by atoms with Crippen molar-refractivity contribution < 1.29 is 14.3 Å². The molecule has 2 N–H and O–H groups in total. The summed E-state index contributed by atoms with van der Waals surface area (Å²) < 4.78 is 12.7. The Morgan fingerprint density at radius 2 is 2.06 bits per heavy atom. The number of halogens is 1. The van der Waals surface area contributed by atoms with Gasteiger partial charge >= 0.3 is 5.97 Å². The number of benzene rings is 1. The lowest BCUT2D eigenvalue weighted by molar-refractivity contribution is -0.139. The molecule has 1 aromatic carbocycles. The molecule has 0 saturated carbocycles. The monoisotopic (exact) mass is 240 g/mol. The number of hydrogen-bond donors (Lipinski definition) is 2. The van der Waals surface area contributed by atoms with Gasteiger partial charge < -0.3 is 15.3 Å². The highest BCUT2D eigenvalue weighted by Gasteiger charge is 2.15. The number of carboxylic acids is 1. The number of aliphatic carboxylic acids is 1. The van der Waals surface area contributed by atoms with Crippen LogP contribution >= 0.6 is 0 Å². The molecule has 1 rings (SSSR count). The number of nitrogens with one attached hydrogen (secondary N) is 1. The van der Waals surface area contributed by atoms with E-state index in [1.807, 2.05) is 11.9 Å². The maximum Gasteiger partial charge on any atom is 0.320 e. The molecule has 1 atom stereocenters. The van der Waals surface area contributed by atoms with E-state index in [0.29, 0.717) is 13.0 Å². The number of nitrogens with zero attached hydrogens (tertiary/aromatic N) is 1. The fourth-order valence-corrected chi connectivity index (χ4v) is 1.54. The molecule has 0 saturated heterocycles. The number of carbonyl (C=O) groups is 1. The lowest BCUT2D eigenvalue weighted by atomic mass is 10.2. The van der Waals surface area contributed by atoms with Gasteiger partial charge in [0.25, 0.3) is 0 Å². The van der Waals surface area contributed by atoms with Crippen molar-refractivity contribution in [3.05, 3.63) is 30.1 Å². The first-order valence-electron chi connectivity index (χ1n) is 5.41. The Morgan fingerprint density at radius 3 is 2.53 bits per heavy atom. The topological polar surface area (TPSA) is 52.6 Å². The van der Waals surface area contributed by atoms with Gasteiger partial charge in [-0.2, -0.15) is 0 Å². The van der Waals surface area contributed by atoms with Gasteiger partial charge in [-0.25, -0.2) is 4.39 Å². The quantitative estimate of drug-likeness (QED) is 0.787. The van der Waals surface area contributed by atoms with Crippen molar-refractivity contribution in [2.24, 2.45) is 0 Å². The summed E-state index contributed by atoms with van der Waals surface area (Å²) in [6, 6.07) is 5.56. The summed E-state index contributed by atoms with van der Waals surface area (Å²) in [6.07, 6.45) is 0.486. The zero-order valence-electron chi connectivity index (χ0n) is 9.98. The molecule has 1 aromatic rings. The summed E-state index contributed by atoms with van der Waals surface area (Å²) in [6.45, 7) is 0.587.